The Hall–Kier alpha value is -1.59. The van der Waals surface area contributed by atoms with Crippen molar-refractivity contribution in [1.29, 1.82) is 0 Å². The number of nitrogens with zero attached hydrogens (tertiary/aromatic N) is 1. The molecule has 0 fully saturated rings. The summed E-state index contributed by atoms with van der Waals surface area (Å²) < 4.78 is 18.7. The third kappa shape index (κ3) is 1.67. The number of fused-ring (bicyclic) bond motifs is 1. The second-order valence-electron chi connectivity index (χ2n) is 3.45. The molecule has 3 rings (SSSR count). The van der Waals surface area contributed by atoms with Crippen LogP contribution in [0.3, 0.4) is 0 Å². The molecule has 2 aromatic heterocycles. The molecule has 0 aliphatic rings. The quantitative estimate of drug-likeness (QED) is 0.727. The molecule has 2 N–H and O–H groups in total. The molecule has 3 aromatic rings. The number of hydrogen-bond donors (Lipinski definition) is 1. The highest BCUT2D eigenvalue weighted by Crippen LogP contribution is 2.33. The monoisotopic (exact) mass is 268 g/mol. The van der Waals surface area contributed by atoms with E-state index in [1.807, 2.05) is 11.4 Å². The second kappa shape index (κ2) is 3.72. The smallest absolute Gasteiger partial charge is 0.230 e. The number of halogens is 2. The van der Waals surface area contributed by atoms with E-state index in [4.69, 9.17) is 21.8 Å². The summed E-state index contributed by atoms with van der Waals surface area (Å²) in [4.78, 5) is 4.23. The van der Waals surface area contributed by atoms with Gasteiger partial charge in [0.15, 0.2) is 5.58 Å². The van der Waals surface area contributed by atoms with Gasteiger partial charge < -0.3 is 10.2 Å². The Morgan fingerprint density at radius 3 is 2.94 bits per heavy atom. The van der Waals surface area contributed by atoms with Crippen molar-refractivity contribution in [2.75, 3.05) is 5.73 Å². The van der Waals surface area contributed by atoms with E-state index in [1.54, 1.807) is 0 Å². The lowest BCUT2D eigenvalue weighted by Crippen LogP contribution is -1.82. The molecule has 0 saturated carbocycles. The summed E-state index contributed by atoms with van der Waals surface area (Å²) in [7, 11) is 0. The highest BCUT2D eigenvalue weighted by molar-refractivity contribution is 7.14. The van der Waals surface area contributed by atoms with E-state index in [0.29, 0.717) is 27.6 Å². The van der Waals surface area contributed by atoms with Crippen LogP contribution in [0.2, 0.25) is 5.02 Å². The maximum absolute atomic E-state index is 13.2. The first-order valence-electron chi connectivity index (χ1n) is 4.74. The van der Waals surface area contributed by atoms with Crippen LogP contribution in [0, 0.1) is 5.82 Å². The molecule has 0 unspecified atom stereocenters. The molecule has 6 heteroatoms. The normalized spacial score (nSPS) is 11.2. The lowest BCUT2D eigenvalue weighted by Gasteiger charge is -1.91. The van der Waals surface area contributed by atoms with Crippen LogP contribution < -0.4 is 5.73 Å². The molecule has 0 radical (unpaired) electrons. The molecule has 0 amide bonds. The largest absolute Gasteiger partial charge is 0.436 e. The Kier molecular flexibility index (Phi) is 2.31. The number of hydrogen-bond acceptors (Lipinski definition) is 4. The van der Waals surface area contributed by atoms with E-state index in [9.17, 15) is 4.39 Å². The highest BCUT2D eigenvalue weighted by Gasteiger charge is 2.13. The molecular weight excluding hydrogens is 263 g/mol. The van der Waals surface area contributed by atoms with Gasteiger partial charge in [-0.05, 0) is 17.5 Å². The number of anilines is 1. The summed E-state index contributed by atoms with van der Waals surface area (Å²) in [6.07, 6.45) is 0. The fourth-order valence-electron chi connectivity index (χ4n) is 1.54. The number of benzene rings is 1. The van der Waals surface area contributed by atoms with Crippen LogP contribution in [0.5, 0.6) is 0 Å². The molecule has 86 valence electrons. The number of oxazole rings is 1. The van der Waals surface area contributed by atoms with Gasteiger partial charge in [0.05, 0.1) is 15.6 Å². The van der Waals surface area contributed by atoms with Crippen molar-refractivity contribution in [1.82, 2.24) is 4.98 Å². The summed E-state index contributed by atoms with van der Waals surface area (Å²) in [6.45, 7) is 0. The van der Waals surface area contributed by atoms with Crippen molar-refractivity contribution in [3.8, 4) is 11.5 Å². The molecule has 2 heterocycles. The second-order valence-corrected chi connectivity index (χ2v) is 4.81. The summed E-state index contributed by atoms with van der Waals surface area (Å²) in [5.41, 5.74) is 7.35. The summed E-state index contributed by atoms with van der Waals surface area (Å²) in [5, 5.41) is 2.48. The van der Waals surface area contributed by atoms with Crippen molar-refractivity contribution < 1.29 is 8.81 Å². The lowest BCUT2D eigenvalue weighted by atomic mass is 10.3. The number of nitrogen functional groups attached to an aromatic ring is 1. The van der Waals surface area contributed by atoms with Crippen LogP contribution in [0.15, 0.2) is 28.0 Å². The maximum Gasteiger partial charge on any atom is 0.230 e. The van der Waals surface area contributed by atoms with E-state index < -0.39 is 5.82 Å². The molecule has 0 spiro atoms. The van der Waals surface area contributed by atoms with Crippen LogP contribution in [0.1, 0.15) is 0 Å². The topological polar surface area (TPSA) is 52.0 Å². The van der Waals surface area contributed by atoms with Crippen LogP contribution in [0.25, 0.3) is 22.6 Å². The fraction of sp³-hybridized carbons (Fsp3) is 0. The summed E-state index contributed by atoms with van der Waals surface area (Å²) in [6, 6.07) is 4.46. The molecule has 3 nitrogen and oxygen atoms in total. The summed E-state index contributed by atoms with van der Waals surface area (Å²) >= 11 is 7.07. The molecular formula is C11H6ClFN2OS. The Labute approximate surface area is 105 Å². The first kappa shape index (κ1) is 10.6. The Balaban J connectivity index is 2.24. The minimum Gasteiger partial charge on any atom is -0.436 e. The number of thiophene rings is 1. The Morgan fingerprint density at radius 1 is 1.41 bits per heavy atom. The molecule has 0 aliphatic carbocycles. The zero-order valence-corrected chi connectivity index (χ0v) is 9.98. The van der Waals surface area contributed by atoms with Gasteiger partial charge in [-0.25, -0.2) is 9.37 Å². The van der Waals surface area contributed by atoms with Gasteiger partial charge in [-0.15, -0.1) is 11.3 Å². The van der Waals surface area contributed by atoms with Gasteiger partial charge in [-0.3, -0.25) is 0 Å². The molecule has 0 aliphatic heterocycles. The molecule has 17 heavy (non-hydrogen) atoms. The third-order valence-corrected chi connectivity index (χ3v) is 3.39. The van der Waals surface area contributed by atoms with Crippen molar-refractivity contribution in [2.24, 2.45) is 0 Å². The molecule has 0 bridgehead atoms. The van der Waals surface area contributed by atoms with Crippen LogP contribution >= 0.6 is 22.9 Å². The minimum absolute atomic E-state index is 0.0237. The third-order valence-electron chi connectivity index (χ3n) is 2.36. The van der Waals surface area contributed by atoms with E-state index in [1.165, 1.54) is 23.5 Å². The highest BCUT2D eigenvalue weighted by atomic mass is 35.5. The van der Waals surface area contributed by atoms with Crippen LogP contribution in [0.4, 0.5) is 9.39 Å². The average molecular weight is 269 g/mol. The average Bonchev–Trinajstić information content (AvgIpc) is 2.85. The fourth-order valence-corrected chi connectivity index (χ4v) is 2.33. The predicted molar refractivity (Wildman–Crippen MR) is 66.7 cm³/mol. The molecule has 0 atom stereocenters. The zero-order valence-electron chi connectivity index (χ0n) is 8.41. The minimum atomic E-state index is -0.528. The predicted octanol–water partition coefficient (Wildman–Crippen LogP) is 3.93. The SMILES string of the molecule is Nc1sccc1-c1nc2cc(Cl)c(F)cc2o1. The summed E-state index contributed by atoms with van der Waals surface area (Å²) in [5.74, 6) is -0.152. The number of rotatable bonds is 1. The van der Waals surface area contributed by atoms with Gasteiger partial charge in [-0.2, -0.15) is 0 Å². The Morgan fingerprint density at radius 2 is 2.24 bits per heavy atom. The van der Waals surface area contributed by atoms with Crippen LogP contribution in [-0.4, -0.2) is 4.98 Å². The van der Waals surface area contributed by atoms with E-state index in [2.05, 4.69) is 4.98 Å². The first-order chi connectivity index (χ1) is 8.15. The van der Waals surface area contributed by atoms with Crippen molar-refractivity contribution in [3.05, 3.63) is 34.4 Å². The van der Waals surface area contributed by atoms with E-state index in [0.717, 1.165) is 0 Å². The standard InChI is InChI=1S/C11H6ClFN2OS/c12-6-3-8-9(4-7(6)13)16-11(15-8)5-1-2-17-10(5)14/h1-4H,14H2. The van der Waals surface area contributed by atoms with Gasteiger partial charge >= 0.3 is 0 Å². The van der Waals surface area contributed by atoms with Crippen molar-refractivity contribution in [3.63, 3.8) is 0 Å². The van der Waals surface area contributed by atoms with Crippen molar-refractivity contribution >= 4 is 39.0 Å². The van der Waals surface area contributed by atoms with Gasteiger partial charge in [0, 0.05) is 6.07 Å². The van der Waals surface area contributed by atoms with Crippen molar-refractivity contribution in [2.45, 2.75) is 0 Å². The van der Waals surface area contributed by atoms with E-state index in [-0.39, 0.29) is 5.02 Å². The molecule has 1 aromatic carbocycles. The lowest BCUT2D eigenvalue weighted by molar-refractivity contribution is 0.603. The van der Waals surface area contributed by atoms with Crippen LogP contribution in [-0.2, 0) is 0 Å². The van der Waals surface area contributed by atoms with Gasteiger partial charge in [0.25, 0.3) is 0 Å². The van der Waals surface area contributed by atoms with Gasteiger partial charge in [-0.1, -0.05) is 11.6 Å². The van der Waals surface area contributed by atoms with E-state index >= 15 is 0 Å². The van der Waals surface area contributed by atoms with Gasteiger partial charge in [0.1, 0.15) is 11.3 Å². The Bertz CT molecular complexity index is 668. The first-order valence-corrected chi connectivity index (χ1v) is 6.00. The number of nitrogens with two attached hydrogens (primary N) is 1. The van der Waals surface area contributed by atoms with Gasteiger partial charge in [0.2, 0.25) is 5.89 Å². The number of aromatic nitrogens is 1. The zero-order chi connectivity index (χ0) is 12.0. The maximum atomic E-state index is 13.2. The molecule has 0 saturated heterocycles.